The molecule has 23 heavy (non-hydrogen) atoms. The molecule has 0 bridgehead atoms. The largest absolute Gasteiger partial charge is 1.00 e. The Morgan fingerprint density at radius 2 is 2.17 bits per heavy atom. The Morgan fingerprint density at radius 3 is 2.65 bits per heavy atom. The van der Waals surface area contributed by atoms with Crippen LogP contribution in [0, 0.1) is 5.92 Å². The van der Waals surface area contributed by atoms with Crippen LogP contribution in [0.2, 0.25) is 0 Å². The van der Waals surface area contributed by atoms with Gasteiger partial charge in [-0.25, -0.2) is 0 Å². The molecule has 1 aromatic heterocycles. The van der Waals surface area contributed by atoms with Crippen LogP contribution in [-0.4, -0.2) is 39.9 Å². The Hall–Kier alpha value is -1.19. The molecule has 3 unspecified atom stereocenters. The molecular formula is C14H13N2NaO5S. The minimum absolute atomic E-state index is 0. The van der Waals surface area contributed by atoms with E-state index in [1.165, 1.54) is 17.9 Å². The smallest absolute Gasteiger partial charge is 0.543 e. The molecule has 1 saturated heterocycles. The number of amides is 2. The summed E-state index contributed by atoms with van der Waals surface area (Å²) in [4.78, 5) is 36.1. The van der Waals surface area contributed by atoms with Gasteiger partial charge in [-0.1, -0.05) is 0 Å². The number of aliphatic hydroxyl groups excluding tert-OH is 1. The van der Waals surface area contributed by atoms with Gasteiger partial charge in [-0.2, -0.15) is 0 Å². The Bertz CT molecular complexity index is 727. The molecule has 3 atom stereocenters. The van der Waals surface area contributed by atoms with E-state index in [2.05, 4.69) is 0 Å². The van der Waals surface area contributed by atoms with Crippen LogP contribution in [0.4, 0.5) is 0 Å². The Kier molecular flexibility index (Phi) is 5.03. The van der Waals surface area contributed by atoms with Crippen molar-refractivity contribution in [2.75, 3.05) is 0 Å². The number of carbonyl (C=O) groups is 3. The van der Waals surface area contributed by atoms with Gasteiger partial charge in [0.05, 0.1) is 34.6 Å². The number of fused-ring (bicyclic) bond motifs is 1. The summed E-state index contributed by atoms with van der Waals surface area (Å²) in [6.45, 7) is 1.51. The standard InChI is InChI=1S/C14H14N2O5S.Na/c1-5(17)10-8-3-7(6-2-9(12(15)18)22-4-6)11(14(20)21)16(8)13(10)19;/h2,4-5,8,10,17H,3H2,1H3,(H2,15,18)(H,20,21);/q;+1/p-1. The molecule has 1 aromatic rings. The van der Waals surface area contributed by atoms with Gasteiger partial charge in [0, 0.05) is 0 Å². The van der Waals surface area contributed by atoms with Crippen molar-refractivity contribution in [3.05, 3.63) is 27.6 Å². The predicted molar refractivity (Wildman–Crippen MR) is 75.2 cm³/mol. The van der Waals surface area contributed by atoms with Crippen LogP contribution in [0.5, 0.6) is 0 Å². The van der Waals surface area contributed by atoms with Crippen molar-refractivity contribution >= 4 is 34.7 Å². The summed E-state index contributed by atoms with van der Waals surface area (Å²) in [6.07, 6.45) is -0.542. The molecular weight excluding hydrogens is 331 g/mol. The van der Waals surface area contributed by atoms with Crippen LogP contribution in [0.3, 0.4) is 0 Å². The number of rotatable bonds is 4. The Labute approximate surface area is 158 Å². The quantitative estimate of drug-likeness (QED) is 0.425. The second-order valence-electron chi connectivity index (χ2n) is 5.42. The molecule has 0 radical (unpaired) electrons. The number of carboxylic acids is 1. The molecule has 2 amide bonds. The first-order valence-corrected chi connectivity index (χ1v) is 7.55. The van der Waals surface area contributed by atoms with Crippen LogP contribution in [-0.2, 0) is 9.59 Å². The Balaban J connectivity index is 0.00000192. The maximum Gasteiger partial charge on any atom is 1.00 e. The molecule has 116 valence electrons. The van der Waals surface area contributed by atoms with Crippen molar-refractivity contribution in [1.82, 2.24) is 4.90 Å². The van der Waals surface area contributed by atoms with Gasteiger partial charge in [0.2, 0.25) is 5.91 Å². The molecule has 3 N–H and O–H groups in total. The number of hydrogen-bond acceptors (Lipinski definition) is 6. The minimum Gasteiger partial charge on any atom is -0.543 e. The molecule has 0 aliphatic carbocycles. The molecule has 2 aliphatic rings. The number of aliphatic hydroxyl groups is 1. The van der Waals surface area contributed by atoms with Crippen LogP contribution in [0.15, 0.2) is 17.1 Å². The van der Waals surface area contributed by atoms with E-state index in [1.807, 2.05) is 0 Å². The average molecular weight is 344 g/mol. The van der Waals surface area contributed by atoms with Crippen molar-refractivity contribution in [1.29, 1.82) is 0 Å². The first-order valence-electron chi connectivity index (χ1n) is 6.67. The van der Waals surface area contributed by atoms with Gasteiger partial charge in [0.1, 0.15) is 0 Å². The fraction of sp³-hybridized carbons (Fsp3) is 0.357. The van der Waals surface area contributed by atoms with Crippen LogP contribution in [0.25, 0.3) is 5.57 Å². The van der Waals surface area contributed by atoms with Crippen molar-refractivity contribution in [3.8, 4) is 0 Å². The monoisotopic (exact) mass is 344 g/mol. The number of thiophene rings is 1. The predicted octanol–water partition coefficient (Wildman–Crippen LogP) is -4.08. The van der Waals surface area contributed by atoms with E-state index in [-0.39, 0.29) is 41.3 Å². The molecule has 1 fully saturated rings. The van der Waals surface area contributed by atoms with Gasteiger partial charge in [-0.05, 0) is 35.9 Å². The third kappa shape index (κ3) is 2.74. The summed E-state index contributed by atoms with van der Waals surface area (Å²) in [5.41, 5.74) is 6.00. The molecule has 9 heteroatoms. The van der Waals surface area contributed by atoms with Crippen LogP contribution >= 0.6 is 11.3 Å². The molecule has 0 spiro atoms. The van der Waals surface area contributed by atoms with E-state index < -0.39 is 29.8 Å². The maximum absolute atomic E-state index is 12.1. The number of primary amides is 1. The van der Waals surface area contributed by atoms with E-state index in [1.54, 1.807) is 5.38 Å². The first kappa shape index (κ1) is 18.2. The molecule has 7 nitrogen and oxygen atoms in total. The van der Waals surface area contributed by atoms with E-state index in [9.17, 15) is 24.6 Å². The molecule has 2 aliphatic heterocycles. The van der Waals surface area contributed by atoms with Crippen molar-refractivity contribution < 1.29 is 54.2 Å². The third-order valence-electron chi connectivity index (χ3n) is 4.11. The number of nitrogens with two attached hydrogens (primary N) is 1. The number of nitrogens with zero attached hydrogens (tertiary/aromatic N) is 1. The molecule has 0 saturated carbocycles. The zero-order chi connectivity index (χ0) is 16.2. The summed E-state index contributed by atoms with van der Waals surface area (Å²) in [5.74, 6) is -3.06. The summed E-state index contributed by atoms with van der Waals surface area (Å²) in [6, 6.07) is 1.13. The number of carbonyl (C=O) groups excluding carboxylic acids is 3. The number of hydrogen-bond donors (Lipinski definition) is 2. The van der Waals surface area contributed by atoms with Gasteiger partial charge < -0.3 is 25.6 Å². The van der Waals surface area contributed by atoms with Crippen molar-refractivity contribution in [2.45, 2.75) is 25.5 Å². The fourth-order valence-corrected chi connectivity index (χ4v) is 3.92. The zero-order valence-electron chi connectivity index (χ0n) is 12.6. The van der Waals surface area contributed by atoms with Gasteiger partial charge in [0.25, 0.3) is 5.91 Å². The first-order chi connectivity index (χ1) is 10.3. The van der Waals surface area contributed by atoms with E-state index in [0.717, 1.165) is 11.3 Å². The summed E-state index contributed by atoms with van der Waals surface area (Å²) >= 11 is 1.11. The molecule has 3 rings (SSSR count). The molecule has 0 aromatic carbocycles. The van der Waals surface area contributed by atoms with Gasteiger partial charge in [-0.15, -0.1) is 11.3 Å². The van der Waals surface area contributed by atoms with Gasteiger partial charge in [0.15, 0.2) is 0 Å². The number of carboxylic acid groups (broad SMARTS) is 1. The van der Waals surface area contributed by atoms with E-state index in [0.29, 0.717) is 22.4 Å². The van der Waals surface area contributed by atoms with Crippen LogP contribution in [0.1, 0.15) is 28.6 Å². The summed E-state index contributed by atoms with van der Waals surface area (Å²) in [7, 11) is 0. The average Bonchev–Trinajstić information content (AvgIpc) is 2.99. The fourth-order valence-electron chi connectivity index (χ4n) is 3.14. The van der Waals surface area contributed by atoms with Crippen molar-refractivity contribution in [2.24, 2.45) is 11.7 Å². The maximum atomic E-state index is 12.1. The minimum atomic E-state index is -1.44. The summed E-state index contributed by atoms with van der Waals surface area (Å²) in [5, 5.41) is 22.7. The normalized spacial score (nSPS) is 23.9. The zero-order valence-corrected chi connectivity index (χ0v) is 15.4. The topological polar surface area (TPSA) is 124 Å². The van der Waals surface area contributed by atoms with Crippen molar-refractivity contribution in [3.63, 3.8) is 0 Å². The number of β-lactam (4-membered cyclic amide) rings is 1. The third-order valence-corrected chi connectivity index (χ3v) is 5.06. The van der Waals surface area contributed by atoms with E-state index in [4.69, 9.17) is 5.73 Å². The van der Waals surface area contributed by atoms with Crippen LogP contribution < -0.4 is 40.4 Å². The second-order valence-corrected chi connectivity index (χ2v) is 6.34. The molecule has 3 heterocycles. The van der Waals surface area contributed by atoms with E-state index >= 15 is 0 Å². The summed E-state index contributed by atoms with van der Waals surface area (Å²) < 4.78 is 0. The van der Waals surface area contributed by atoms with Gasteiger partial charge in [-0.3, -0.25) is 9.59 Å². The Morgan fingerprint density at radius 1 is 1.52 bits per heavy atom. The SMILES string of the molecule is CC(O)C1C(=O)N2C(C(=O)[O-])=C(c3csc(C(N)=O)c3)CC12.[Na+]. The number of aliphatic carboxylic acids is 1. The second kappa shape index (κ2) is 6.37. The van der Waals surface area contributed by atoms with Gasteiger partial charge >= 0.3 is 29.6 Å².